The van der Waals surface area contributed by atoms with Gasteiger partial charge in [-0.3, -0.25) is 4.98 Å². The van der Waals surface area contributed by atoms with Gasteiger partial charge in [-0.15, -0.1) is 0 Å². The third-order valence-corrected chi connectivity index (χ3v) is 10.1. The quantitative estimate of drug-likeness (QED) is 0.127. The molecule has 0 atom stereocenters. The lowest BCUT2D eigenvalue weighted by Crippen LogP contribution is -1.98. The predicted octanol–water partition coefficient (Wildman–Crippen LogP) is 12.7. The van der Waals surface area contributed by atoms with Gasteiger partial charge in [-0.1, -0.05) is 164 Å². The van der Waals surface area contributed by atoms with Gasteiger partial charge in [-0.05, 0) is 18.2 Å². The molecule has 56 heavy (non-hydrogen) atoms. The highest BCUT2D eigenvalue weighted by molar-refractivity contribution is 6.23. The van der Waals surface area contributed by atoms with Gasteiger partial charge in [0.25, 0.3) is 0 Å². The summed E-state index contributed by atoms with van der Waals surface area (Å²) in [5, 5.41) is 2.71. The number of rotatable bonds is 6. The summed E-state index contributed by atoms with van der Waals surface area (Å²) in [5.41, 5.74) is 12.2. The summed E-state index contributed by atoms with van der Waals surface area (Å²) in [4.78, 5) is 29.9. The largest absolute Gasteiger partial charge is 0.255 e. The van der Waals surface area contributed by atoms with Crippen molar-refractivity contribution in [2.75, 3.05) is 0 Å². The van der Waals surface area contributed by atoms with E-state index in [1.54, 1.807) is 0 Å². The van der Waals surface area contributed by atoms with Gasteiger partial charge < -0.3 is 0 Å². The second kappa shape index (κ2) is 13.8. The highest BCUT2D eigenvalue weighted by Gasteiger charge is 2.21. The number of hydrogen-bond acceptors (Lipinski definition) is 5. The Balaban J connectivity index is 1.18. The van der Waals surface area contributed by atoms with Gasteiger partial charge in [-0.25, -0.2) is 24.8 Å². The molecule has 3 heterocycles. The average molecular weight is 715 g/mol. The van der Waals surface area contributed by atoms with Crippen molar-refractivity contribution in [2.45, 2.75) is 0 Å². The highest BCUT2D eigenvalue weighted by atomic mass is 14.9. The lowest BCUT2D eigenvalue weighted by molar-refractivity contribution is 1.18. The zero-order valence-corrected chi connectivity index (χ0v) is 30.0. The van der Waals surface area contributed by atoms with E-state index in [9.17, 15) is 0 Å². The Morgan fingerprint density at radius 1 is 0.357 bits per heavy atom. The molecule has 7 aromatic carbocycles. The van der Waals surface area contributed by atoms with E-state index in [-0.39, 0.29) is 0 Å². The monoisotopic (exact) mass is 714 g/mol. The fourth-order valence-electron chi connectivity index (χ4n) is 7.38. The molecule has 10 aromatic rings. The van der Waals surface area contributed by atoms with Gasteiger partial charge in [-0.2, -0.15) is 0 Å². The van der Waals surface area contributed by atoms with Crippen molar-refractivity contribution < 1.29 is 0 Å². The topological polar surface area (TPSA) is 68.8 Å². The van der Waals surface area contributed by atoms with Gasteiger partial charge in [0.1, 0.15) is 0 Å². The summed E-state index contributed by atoms with van der Waals surface area (Å²) in [6.45, 7) is 8.34. The number of hydrogen-bond donors (Lipinski definition) is 0. The molecule has 0 N–H and O–H groups in total. The molecule has 0 amide bonds. The summed E-state index contributed by atoms with van der Waals surface area (Å²) in [5.74, 6) is 0.665. The Hall–Kier alpha value is -7.88. The Morgan fingerprint density at radius 3 is 1.41 bits per heavy atom. The van der Waals surface area contributed by atoms with Crippen LogP contribution >= 0.6 is 0 Å². The van der Waals surface area contributed by atoms with Crippen LogP contribution in [0.25, 0.3) is 105 Å². The zero-order chi connectivity index (χ0) is 37.4. The van der Waals surface area contributed by atoms with Gasteiger partial charge in [0.05, 0.1) is 51.6 Å². The molecular weight excluding hydrogens is 685 g/mol. The van der Waals surface area contributed by atoms with Crippen molar-refractivity contribution in [3.8, 4) is 67.7 Å². The molecule has 0 aliphatic carbocycles. The van der Waals surface area contributed by atoms with Crippen LogP contribution < -0.4 is 0 Å². The Bertz CT molecular complexity index is 3050. The molecule has 3 aromatic heterocycles. The van der Waals surface area contributed by atoms with Crippen LogP contribution in [0.3, 0.4) is 0 Å². The van der Waals surface area contributed by atoms with Crippen LogP contribution in [0.4, 0.5) is 5.69 Å². The maximum absolute atomic E-state index is 8.34. The minimum atomic E-state index is 0.426. The maximum Gasteiger partial charge on any atom is 0.215 e. The number of pyridine rings is 1. The Labute approximate surface area is 323 Å². The molecule has 0 saturated carbocycles. The van der Waals surface area contributed by atoms with Crippen molar-refractivity contribution in [3.05, 3.63) is 193 Å². The van der Waals surface area contributed by atoms with Gasteiger partial charge in [0.15, 0.2) is 5.82 Å². The molecular formula is C50H30N6. The van der Waals surface area contributed by atoms with Crippen LogP contribution in [-0.2, 0) is 0 Å². The normalized spacial score (nSPS) is 11.2. The molecule has 0 unspecified atom stereocenters. The van der Waals surface area contributed by atoms with Crippen LogP contribution in [0.1, 0.15) is 0 Å². The fraction of sp³-hybridized carbons (Fsp3) is 0. The highest BCUT2D eigenvalue weighted by Crippen LogP contribution is 2.43. The molecule has 0 radical (unpaired) electrons. The second-order valence-corrected chi connectivity index (χ2v) is 13.5. The molecule has 0 saturated heterocycles. The Morgan fingerprint density at radius 2 is 0.821 bits per heavy atom. The third kappa shape index (κ3) is 5.81. The van der Waals surface area contributed by atoms with Crippen LogP contribution in [0.5, 0.6) is 0 Å². The van der Waals surface area contributed by atoms with E-state index in [1.807, 2.05) is 127 Å². The van der Waals surface area contributed by atoms with Crippen molar-refractivity contribution in [1.82, 2.24) is 24.9 Å². The molecule has 0 fully saturated rings. The first-order valence-corrected chi connectivity index (χ1v) is 18.4. The first-order chi connectivity index (χ1) is 27.7. The van der Waals surface area contributed by atoms with E-state index in [2.05, 4.69) is 59.4 Å². The second-order valence-electron chi connectivity index (χ2n) is 13.5. The molecule has 0 spiro atoms. The summed E-state index contributed by atoms with van der Waals surface area (Å²) >= 11 is 0. The molecule has 0 aliphatic rings. The van der Waals surface area contributed by atoms with Crippen LogP contribution in [-0.4, -0.2) is 24.9 Å². The molecule has 10 rings (SSSR count). The van der Waals surface area contributed by atoms with E-state index in [0.717, 1.165) is 83.5 Å². The van der Waals surface area contributed by atoms with Gasteiger partial charge >= 0.3 is 0 Å². The van der Waals surface area contributed by atoms with Crippen LogP contribution in [0.15, 0.2) is 182 Å². The van der Waals surface area contributed by atoms with Crippen LogP contribution in [0.2, 0.25) is 0 Å². The number of para-hydroxylation sites is 1. The van der Waals surface area contributed by atoms with Crippen molar-refractivity contribution >= 4 is 38.4 Å². The first kappa shape index (κ1) is 32.7. The molecule has 6 nitrogen and oxygen atoms in total. The lowest BCUT2D eigenvalue weighted by atomic mass is 9.96. The van der Waals surface area contributed by atoms with E-state index < -0.39 is 0 Å². The molecule has 0 aliphatic heterocycles. The molecule has 6 heteroatoms. The van der Waals surface area contributed by atoms with Crippen molar-refractivity contribution in [3.63, 3.8) is 0 Å². The maximum atomic E-state index is 8.34. The van der Waals surface area contributed by atoms with E-state index >= 15 is 0 Å². The summed E-state index contributed by atoms with van der Waals surface area (Å²) < 4.78 is 0. The summed E-state index contributed by atoms with van der Waals surface area (Å²) in [6, 6.07) is 60.9. The number of aromatic nitrogens is 5. The zero-order valence-electron chi connectivity index (χ0n) is 30.0. The van der Waals surface area contributed by atoms with E-state index in [0.29, 0.717) is 22.5 Å². The van der Waals surface area contributed by atoms with Crippen LogP contribution in [0, 0.1) is 6.57 Å². The third-order valence-electron chi connectivity index (χ3n) is 10.1. The van der Waals surface area contributed by atoms with E-state index in [4.69, 9.17) is 31.5 Å². The molecule has 0 bridgehead atoms. The fourth-order valence-corrected chi connectivity index (χ4v) is 7.38. The smallest absolute Gasteiger partial charge is 0.215 e. The average Bonchev–Trinajstić information content (AvgIpc) is 3.29. The Kier molecular flexibility index (Phi) is 8.09. The minimum Gasteiger partial charge on any atom is -0.255 e. The predicted molar refractivity (Wildman–Crippen MR) is 227 cm³/mol. The number of benzene rings is 7. The summed E-state index contributed by atoms with van der Waals surface area (Å²) in [6.07, 6.45) is 0. The minimum absolute atomic E-state index is 0.426. The lowest BCUT2D eigenvalue weighted by Gasteiger charge is -2.16. The number of nitrogens with zero attached hydrogens (tertiary/aromatic N) is 6. The van der Waals surface area contributed by atoms with Gasteiger partial charge in [0.2, 0.25) is 5.69 Å². The number of fused-ring (bicyclic) bond motifs is 5. The van der Waals surface area contributed by atoms with Crippen molar-refractivity contribution in [2.24, 2.45) is 0 Å². The van der Waals surface area contributed by atoms with Crippen molar-refractivity contribution in [1.29, 1.82) is 0 Å². The van der Waals surface area contributed by atoms with E-state index in [1.165, 1.54) is 0 Å². The SMILES string of the molecule is [C-]#[N+]c1cc2c(-c3ccc(-c4cc(-c5ccccc5)nc(-c5ccccc5)n4)cc3)nc3ccccc3c2c2nc(-c3ccccc3)c(-c3ccccc3)nc12. The van der Waals surface area contributed by atoms with Gasteiger partial charge in [0, 0.05) is 49.5 Å². The molecule has 260 valence electrons. The standard InChI is InChI=1S/C50H30N6/c1-51-43-30-39-44(49-48(43)55-46(34-18-8-3-9-19-34)47(56-49)35-20-10-4-11-21-35)38-24-14-15-25-40(38)52-45(39)36-28-26-33(27-29-36)42-31-41(32-16-6-2-7-17-32)53-50(54-42)37-22-12-5-13-23-37/h2-31H. The summed E-state index contributed by atoms with van der Waals surface area (Å²) in [7, 11) is 0. The first-order valence-electron chi connectivity index (χ1n) is 18.4.